The number of benzene rings is 1. The summed E-state index contributed by atoms with van der Waals surface area (Å²) < 4.78 is 40.5. The Labute approximate surface area is 180 Å². The van der Waals surface area contributed by atoms with E-state index in [0.717, 1.165) is 31.6 Å². The van der Waals surface area contributed by atoms with Gasteiger partial charge < -0.3 is 9.47 Å². The Hall–Kier alpha value is -1.44. The molecule has 1 heterocycles. The van der Waals surface area contributed by atoms with Gasteiger partial charge in [-0.3, -0.25) is 0 Å². The molecule has 2 aliphatic rings. The molecule has 0 N–H and O–H groups in total. The van der Waals surface area contributed by atoms with E-state index >= 15 is 0 Å². The molecule has 2 nitrogen and oxygen atoms in total. The van der Waals surface area contributed by atoms with Crippen molar-refractivity contribution < 1.29 is 18.3 Å². The third-order valence-electron chi connectivity index (χ3n) is 6.45. The molecular weight excluding hydrogens is 382 g/mol. The number of halogens is 2. The molecule has 0 amide bonds. The van der Waals surface area contributed by atoms with Gasteiger partial charge in [0, 0.05) is 18.3 Å². The molecule has 3 rings (SSSR count). The third-order valence-corrected chi connectivity index (χ3v) is 6.45. The quantitative estimate of drug-likeness (QED) is 0.462. The lowest BCUT2D eigenvalue weighted by Gasteiger charge is -2.29. The van der Waals surface area contributed by atoms with Crippen molar-refractivity contribution in [3.05, 3.63) is 34.9 Å². The normalized spacial score (nSPS) is 26.8. The number of hydrogen-bond acceptors (Lipinski definition) is 2. The molecule has 0 unspecified atom stereocenters. The second kappa shape index (κ2) is 11.8. The SMILES string of the molecule is CCCC1CCC(C#Cc2c(F)cc(CCC3OCC(CCC)CO3)cc2F)CC1. The molecule has 4 heteroatoms. The molecule has 166 valence electrons. The van der Waals surface area contributed by atoms with Crippen molar-refractivity contribution in [1.29, 1.82) is 0 Å². The van der Waals surface area contributed by atoms with Crippen molar-refractivity contribution in [1.82, 2.24) is 0 Å². The van der Waals surface area contributed by atoms with Crippen LogP contribution >= 0.6 is 0 Å². The fraction of sp³-hybridized carbons (Fsp3) is 0.692. The number of hydrogen-bond donors (Lipinski definition) is 0. The van der Waals surface area contributed by atoms with Crippen LogP contribution in [0.25, 0.3) is 0 Å². The summed E-state index contributed by atoms with van der Waals surface area (Å²) in [5.41, 5.74) is 0.528. The van der Waals surface area contributed by atoms with Crippen LogP contribution in [0.15, 0.2) is 12.1 Å². The molecule has 1 aliphatic carbocycles. The first-order chi connectivity index (χ1) is 14.6. The molecule has 0 spiro atoms. The second-order valence-electron chi connectivity index (χ2n) is 9.00. The Morgan fingerprint density at radius 2 is 1.47 bits per heavy atom. The van der Waals surface area contributed by atoms with Crippen LogP contribution in [0.3, 0.4) is 0 Å². The van der Waals surface area contributed by atoms with E-state index in [-0.39, 0.29) is 17.8 Å². The minimum absolute atomic E-state index is 0.0954. The van der Waals surface area contributed by atoms with E-state index < -0.39 is 11.6 Å². The predicted molar refractivity (Wildman–Crippen MR) is 116 cm³/mol. The topological polar surface area (TPSA) is 18.5 Å². The van der Waals surface area contributed by atoms with E-state index in [1.54, 1.807) is 0 Å². The monoisotopic (exact) mass is 418 g/mol. The van der Waals surface area contributed by atoms with Crippen molar-refractivity contribution >= 4 is 0 Å². The van der Waals surface area contributed by atoms with Crippen molar-refractivity contribution in [2.45, 2.75) is 84.3 Å². The van der Waals surface area contributed by atoms with Crippen molar-refractivity contribution in [2.24, 2.45) is 17.8 Å². The van der Waals surface area contributed by atoms with E-state index in [1.807, 2.05) is 0 Å². The Balaban J connectivity index is 1.51. The molecule has 1 aliphatic heterocycles. The number of ether oxygens (including phenoxy) is 2. The average molecular weight is 419 g/mol. The standard InChI is InChI=1S/C26H36F2O2/c1-3-5-19-7-9-20(10-8-19)11-13-23-24(27)15-21(16-25(23)28)12-14-26-29-17-22(6-4-2)18-30-26/h15-16,19-20,22,26H,3-10,12,14,17-18H2,1-2H3. The molecular formula is C26H36F2O2. The van der Waals surface area contributed by atoms with Gasteiger partial charge in [0.2, 0.25) is 0 Å². The van der Waals surface area contributed by atoms with E-state index in [0.29, 0.717) is 37.5 Å². The van der Waals surface area contributed by atoms with Crippen LogP contribution in [-0.2, 0) is 15.9 Å². The van der Waals surface area contributed by atoms with Gasteiger partial charge in [-0.05, 0) is 62.1 Å². The summed E-state index contributed by atoms with van der Waals surface area (Å²) in [4.78, 5) is 0. The summed E-state index contributed by atoms with van der Waals surface area (Å²) >= 11 is 0. The fourth-order valence-corrected chi connectivity index (χ4v) is 4.68. The summed E-state index contributed by atoms with van der Waals surface area (Å²) in [5, 5.41) is 0. The van der Waals surface area contributed by atoms with Crippen LogP contribution in [-0.4, -0.2) is 19.5 Å². The molecule has 0 atom stereocenters. The molecule has 1 saturated carbocycles. The zero-order valence-corrected chi connectivity index (χ0v) is 18.5. The van der Waals surface area contributed by atoms with Crippen LogP contribution in [0.5, 0.6) is 0 Å². The average Bonchev–Trinajstić information content (AvgIpc) is 2.74. The Bertz CT molecular complexity index is 697. The highest BCUT2D eigenvalue weighted by Crippen LogP contribution is 2.31. The number of aryl methyl sites for hydroxylation is 1. The minimum atomic E-state index is -0.564. The van der Waals surface area contributed by atoms with Gasteiger partial charge in [0.25, 0.3) is 0 Å². The van der Waals surface area contributed by atoms with Gasteiger partial charge in [-0.1, -0.05) is 45.0 Å². The van der Waals surface area contributed by atoms with E-state index in [1.165, 1.54) is 37.8 Å². The molecule has 1 saturated heterocycles. The summed E-state index contributed by atoms with van der Waals surface area (Å²) in [6.07, 6.45) is 10.0. The summed E-state index contributed by atoms with van der Waals surface area (Å²) in [6, 6.07) is 2.82. The summed E-state index contributed by atoms with van der Waals surface area (Å²) in [7, 11) is 0. The summed E-state index contributed by atoms with van der Waals surface area (Å²) in [5.74, 6) is 6.32. The lowest BCUT2D eigenvalue weighted by Crippen LogP contribution is -2.32. The Morgan fingerprint density at radius 3 is 2.07 bits per heavy atom. The highest BCUT2D eigenvalue weighted by molar-refractivity contribution is 5.39. The van der Waals surface area contributed by atoms with E-state index in [4.69, 9.17) is 9.47 Å². The minimum Gasteiger partial charge on any atom is -0.352 e. The molecule has 30 heavy (non-hydrogen) atoms. The van der Waals surface area contributed by atoms with Crippen molar-refractivity contribution in [3.8, 4) is 11.8 Å². The zero-order valence-electron chi connectivity index (χ0n) is 18.5. The molecule has 0 aromatic heterocycles. The van der Waals surface area contributed by atoms with Crippen LogP contribution in [0, 0.1) is 41.2 Å². The smallest absolute Gasteiger partial charge is 0.157 e. The molecule has 1 aromatic rings. The van der Waals surface area contributed by atoms with Gasteiger partial charge in [-0.2, -0.15) is 0 Å². The summed E-state index contributed by atoms with van der Waals surface area (Å²) in [6.45, 7) is 5.78. The maximum atomic E-state index is 14.5. The van der Waals surface area contributed by atoms with E-state index in [2.05, 4.69) is 25.7 Å². The van der Waals surface area contributed by atoms with Crippen LogP contribution in [0.2, 0.25) is 0 Å². The van der Waals surface area contributed by atoms with Gasteiger partial charge in [-0.15, -0.1) is 0 Å². The largest absolute Gasteiger partial charge is 0.352 e. The predicted octanol–water partition coefficient (Wildman–Crippen LogP) is 6.64. The van der Waals surface area contributed by atoms with Gasteiger partial charge in [-0.25, -0.2) is 8.78 Å². The molecule has 0 radical (unpaired) electrons. The molecule has 0 bridgehead atoms. The first-order valence-corrected chi connectivity index (χ1v) is 11.8. The molecule has 1 aromatic carbocycles. The lowest BCUT2D eigenvalue weighted by molar-refractivity contribution is -0.203. The van der Waals surface area contributed by atoms with Gasteiger partial charge in [0.1, 0.15) is 11.6 Å². The highest BCUT2D eigenvalue weighted by atomic mass is 19.1. The first-order valence-electron chi connectivity index (χ1n) is 11.8. The zero-order chi connectivity index (χ0) is 21.3. The van der Waals surface area contributed by atoms with Crippen LogP contribution in [0.4, 0.5) is 8.78 Å². The van der Waals surface area contributed by atoms with Gasteiger partial charge in [0.15, 0.2) is 6.29 Å². The Kier molecular flexibility index (Phi) is 9.15. The maximum absolute atomic E-state index is 14.5. The van der Waals surface area contributed by atoms with Gasteiger partial charge >= 0.3 is 0 Å². The fourth-order valence-electron chi connectivity index (χ4n) is 4.68. The van der Waals surface area contributed by atoms with Crippen molar-refractivity contribution in [3.63, 3.8) is 0 Å². The lowest BCUT2D eigenvalue weighted by atomic mass is 9.80. The highest BCUT2D eigenvalue weighted by Gasteiger charge is 2.22. The Morgan fingerprint density at radius 1 is 0.867 bits per heavy atom. The van der Waals surface area contributed by atoms with Crippen LogP contribution in [0.1, 0.15) is 82.8 Å². The van der Waals surface area contributed by atoms with E-state index in [9.17, 15) is 8.78 Å². The third kappa shape index (κ3) is 6.79. The molecule has 2 fully saturated rings. The maximum Gasteiger partial charge on any atom is 0.157 e. The van der Waals surface area contributed by atoms with Gasteiger partial charge in [0.05, 0.1) is 18.8 Å². The van der Waals surface area contributed by atoms with Crippen molar-refractivity contribution in [2.75, 3.05) is 13.2 Å². The number of rotatable bonds is 7. The van der Waals surface area contributed by atoms with Crippen LogP contribution < -0.4 is 0 Å². The first kappa shape index (κ1) is 23.2. The second-order valence-corrected chi connectivity index (χ2v) is 9.00.